The highest BCUT2D eigenvalue weighted by Crippen LogP contribution is 2.38. The Bertz CT molecular complexity index is 434. The molecule has 0 saturated heterocycles. The van der Waals surface area contributed by atoms with Gasteiger partial charge in [-0.1, -0.05) is 18.5 Å². The zero-order valence-electron chi connectivity index (χ0n) is 9.13. The van der Waals surface area contributed by atoms with Crippen LogP contribution in [0.25, 0.3) is 0 Å². The molecule has 0 N–H and O–H groups in total. The minimum absolute atomic E-state index is 0.230. The van der Waals surface area contributed by atoms with Crippen molar-refractivity contribution in [2.24, 2.45) is 0 Å². The van der Waals surface area contributed by atoms with Crippen molar-refractivity contribution in [1.82, 2.24) is 0 Å². The lowest BCUT2D eigenvalue weighted by atomic mass is 9.97. The van der Waals surface area contributed by atoms with E-state index in [2.05, 4.69) is 12.8 Å². The van der Waals surface area contributed by atoms with Crippen molar-refractivity contribution in [2.45, 2.75) is 19.3 Å². The van der Waals surface area contributed by atoms with E-state index in [0.29, 0.717) is 30.4 Å². The summed E-state index contributed by atoms with van der Waals surface area (Å²) in [5.74, 6) is 4.35. The van der Waals surface area contributed by atoms with Gasteiger partial charge in [0.1, 0.15) is 13.2 Å². The Kier molecular flexibility index (Phi) is 3.26. The second-order valence-corrected chi connectivity index (χ2v) is 4.23. The molecule has 0 aliphatic carbocycles. The van der Waals surface area contributed by atoms with Gasteiger partial charge in [-0.15, -0.1) is 12.3 Å². The molecule has 1 heterocycles. The molecule has 1 aliphatic heterocycles. The van der Waals surface area contributed by atoms with Gasteiger partial charge in [-0.3, -0.25) is 0 Å². The minimum Gasteiger partial charge on any atom is -0.486 e. The molecule has 0 amide bonds. The second-order valence-electron chi connectivity index (χ2n) is 3.83. The second kappa shape index (κ2) is 4.67. The van der Waals surface area contributed by atoms with E-state index in [-0.39, 0.29) is 5.92 Å². The molecule has 3 heteroatoms. The summed E-state index contributed by atoms with van der Waals surface area (Å²) in [5.41, 5.74) is 1.02. The number of hydrogen-bond donors (Lipinski definition) is 0. The van der Waals surface area contributed by atoms with E-state index in [1.165, 1.54) is 0 Å². The molecule has 0 fully saturated rings. The maximum absolute atomic E-state index is 6.19. The average Bonchev–Trinajstić information content (AvgIpc) is 2.28. The first-order valence-electron chi connectivity index (χ1n) is 5.25. The van der Waals surface area contributed by atoms with E-state index in [4.69, 9.17) is 27.5 Å². The van der Waals surface area contributed by atoms with Crippen LogP contribution in [0.2, 0.25) is 5.02 Å². The number of halogens is 1. The van der Waals surface area contributed by atoms with Crippen molar-refractivity contribution in [2.75, 3.05) is 13.2 Å². The third-order valence-corrected chi connectivity index (χ3v) is 2.94. The fourth-order valence-electron chi connectivity index (χ4n) is 1.74. The van der Waals surface area contributed by atoms with Crippen LogP contribution in [0.15, 0.2) is 12.1 Å². The summed E-state index contributed by atoms with van der Waals surface area (Å²) in [6.45, 7) is 3.21. The third kappa shape index (κ3) is 2.10. The van der Waals surface area contributed by atoms with Crippen molar-refractivity contribution in [1.29, 1.82) is 0 Å². The molecular formula is C13H13ClO2. The van der Waals surface area contributed by atoms with Crippen molar-refractivity contribution in [3.05, 3.63) is 22.7 Å². The van der Waals surface area contributed by atoms with Gasteiger partial charge in [0.25, 0.3) is 0 Å². The quantitative estimate of drug-likeness (QED) is 0.734. The molecule has 1 aromatic carbocycles. The van der Waals surface area contributed by atoms with Gasteiger partial charge in [0.2, 0.25) is 0 Å². The lowest BCUT2D eigenvalue weighted by Crippen LogP contribution is -2.15. The Morgan fingerprint density at radius 3 is 2.62 bits per heavy atom. The summed E-state index contributed by atoms with van der Waals surface area (Å²) in [7, 11) is 0. The first-order chi connectivity index (χ1) is 7.72. The van der Waals surface area contributed by atoms with E-state index in [1.807, 2.05) is 6.07 Å². The molecule has 1 aliphatic rings. The predicted molar refractivity (Wildman–Crippen MR) is 64.3 cm³/mol. The first-order valence-corrected chi connectivity index (χ1v) is 5.62. The maximum atomic E-state index is 6.19. The van der Waals surface area contributed by atoms with Gasteiger partial charge in [0.05, 0.1) is 0 Å². The summed E-state index contributed by atoms with van der Waals surface area (Å²) in [5, 5.41) is 0.687. The number of terminal acetylenes is 1. The van der Waals surface area contributed by atoms with Crippen LogP contribution in [0.3, 0.4) is 0 Å². The number of ether oxygens (including phenoxy) is 2. The smallest absolute Gasteiger partial charge is 0.162 e. The van der Waals surface area contributed by atoms with Crippen molar-refractivity contribution >= 4 is 11.6 Å². The largest absolute Gasteiger partial charge is 0.486 e. The molecule has 1 atom stereocenters. The van der Waals surface area contributed by atoms with E-state index in [9.17, 15) is 0 Å². The van der Waals surface area contributed by atoms with Crippen LogP contribution in [0.4, 0.5) is 0 Å². The SMILES string of the molecule is C#CCC(C)c1cc2c(cc1Cl)OCCO2. The monoisotopic (exact) mass is 236 g/mol. The molecule has 16 heavy (non-hydrogen) atoms. The molecule has 2 nitrogen and oxygen atoms in total. The molecule has 0 saturated carbocycles. The van der Waals surface area contributed by atoms with Crippen LogP contribution in [0.5, 0.6) is 11.5 Å². The molecular weight excluding hydrogens is 224 g/mol. The first kappa shape index (κ1) is 11.2. The Hall–Kier alpha value is -1.33. The van der Waals surface area contributed by atoms with E-state index in [0.717, 1.165) is 11.3 Å². The summed E-state index contributed by atoms with van der Waals surface area (Å²) in [6.07, 6.45) is 5.97. The molecule has 2 rings (SSSR count). The van der Waals surface area contributed by atoms with Crippen LogP contribution in [0.1, 0.15) is 24.8 Å². The highest BCUT2D eigenvalue weighted by atomic mass is 35.5. The van der Waals surface area contributed by atoms with Crippen LogP contribution in [-0.2, 0) is 0 Å². The summed E-state index contributed by atoms with van der Waals surface area (Å²) >= 11 is 6.19. The Balaban J connectivity index is 2.36. The number of fused-ring (bicyclic) bond motifs is 1. The highest BCUT2D eigenvalue weighted by Gasteiger charge is 2.17. The summed E-state index contributed by atoms with van der Waals surface area (Å²) in [6, 6.07) is 3.73. The highest BCUT2D eigenvalue weighted by molar-refractivity contribution is 6.31. The predicted octanol–water partition coefficient (Wildman–Crippen LogP) is 3.24. The zero-order valence-corrected chi connectivity index (χ0v) is 9.88. The summed E-state index contributed by atoms with van der Waals surface area (Å²) in [4.78, 5) is 0. The molecule has 0 radical (unpaired) electrons. The van der Waals surface area contributed by atoms with Crippen molar-refractivity contribution < 1.29 is 9.47 Å². The van der Waals surface area contributed by atoms with Gasteiger partial charge < -0.3 is 9.47 Å². The van der Waals surface area contributed by atoms with E-state index < -0.39 is 0 Å². The number of benzene rings is 1. The molecule has 84 valence electrons. The average molecular weight is 237 g/mol. The topological polar surface area (TPSA) is 18.5 Å². The van der Waals surface area contributed by atoms with Gasteiger partial charge in [-0.2, -0.15) is 0 Å². The summed E-state index contributed by atoms with van der Waals surface area (Å²) < 4.78 is 11.0. The van der Waals surface area contributed by atoms with E-state index >= 15 is 0 Å². The van der Waals surface area contributed by atoms with Gasteiger partial charge in [-0.05, 0) is 17.5 Å². The number of hydrogen-bond acceptors (Lipinski definition) is 2. The van der Waals surface area contributed by atoms with Crippen molar-refractivity contribution in [3.8, 4) is 23.8 Å². The van der Waals surface area contributed by atoms with E-state index in [1.54, 1.807) is 6.07 Å². The Morgan fingerprint density at radius 2 is 2.00 bits per heavy atom. The van der Waals surface area contributed by atoms with Crippen molar-refractivity contribution in [3.63, 3.8) is 0 Å². The Labute approximate surface area is 101 Å². The maximum Gasteiger partial charge on any atom is 0.162 e. The van der Waals surface area contributed by atoms with Crippen LogP contribution in [0, 0.1) is 12.3 Å². The van der Waals surface area contributed by atoms with Gasteiger partial charge in [0.15, 0.2) is 11.5 Å². The third-order valence-electron chi connectivity index (χ3n) is 2.62. The fraction of sp³-hybridized carbons (Fsp3) is 0.385. The van der Waals surface area contributed by atoms with Crippen LogP contribution >= 0.6 is 11.6 Å². The lowest BCUT2D eigenvalue weighted by molar-refractivity contribution is 0.171. The lowest BCUT2D eigenvalue weighted by Gasteiger charge is -2.21. The minimum atomic E-state index is 0.230. The number of rotatable bonds is 2. The van der Waals surface area contributed by atoms with Gasteiger partial charge in [0, 0.05) is 17.5 Å². The fourth-order valence-corrected chi connectivity index (χ4v) is 2.08. The Morgan fingerprint density at radius 1 is 1.38 bits per heavy atom. The molecule has 0 bridgehead atoms. The standard InChI is InChI=1S/C13H13ClO2/c1-3-4-9(2)10-7-12-13(8-11(10)14)16-6-5-15-12/h1,7-9H,4-6H2,2H3. The van der Waals surface area contributed by atoms with Crippen LogP contribution in [-0.4, -0.2) is 13.2 Å². The zero-order chi connectivity index (χ0) is 11.5. The molecule has 0 aromatic heterocycles. The molecule has 0 spiro atoms. The van der Waals surface area contributed by atoms with Gasteiger partial charge in [-0.25, -0.2) is 0 Å². The molecule has 1 unspecified atom stereocenters. The molecule has 1 aromatic rings. The normalized spacial score (nSPS) is 15.3. The van der Waals surface area contributed by atoms with Gasteiger partial charge >= 0.3 is 0 Å². The van der Waals surface area contributed by atoms with Crippen LogP contribution < -0.4 is 9.47 Å².